The average molecular weight is 397 g/mol. The number of aromatic amines is 1. The molecule has 0 unspecified atom stereocenters. The Morgan fingerprint density at radius 3 is 2.28 bits per heavy atom. The van der Waals surface area contributed by atoms with Crippen molar-refractivity contribution in [2.45, 2.75) is 26.6 Å². The fraction of sp³-hybridized carbons (Fsp3) is 0.182. The highest BCUT2D eigenvalue weighted by atomic mass is 19.4. The van der Waals surface area contributed by atoms with E-state index in [-0.39, 0.29) is 5.75 Å². The van der Waals surface area contributed by atoms with Gasteiger partial charge in [0.25, 0.3) is 0 Å². The number of alkyl halides is 3. The van der Waals surface area contributed by atoms with Crippen molar-refractivity contribution < 1.29 is 17.9 Å². The molecule has 2 aromatic carbocycles. The predicted molar refractivity (Wildman–Crippen MR) is 105 cm³/mol. The molecule has 0 saturated heterocycles. The summed E-state index contributed by atoms with van der Waals surface area (Å²) in [4.78, 5) is 12.4. The highest BCUT2D eigenvalue weighted by Crippen LogP contribution is 2.31. The van der Waals surface area contributed by atoms with E-state index in [1.54, 1.807) is 12.1 Å². The van der Waals surface area contributed by atoms with Crippen molar-refractivity contribution in [3.05, 3.63) is 77.5 Å². The molecule has 0 amide bonds. The van der Waals surface area contributed by atoms with Gasteiger partial charge in [-0.2, -0.15) is 0 Å². The van der Waals surface area contributed by atoms with Crippen LogP contribution in [0.5, 0.6) is 5.75 Å². The van der Waals surface area contributed by atoms with Gasteiger partial charge in [0.2, 0.25) is 0 Å². The minimum atomic E-state index is -4.70. The van der Waals surface area contributed by atoms with Crippen molar-refractivity contribution in [1.82, 2.24) is 15.0 Å². The molecule has 1 N–H and O–H groups in total. The number of hydrogen-bond donors (Lipinski definition) is 1. The van der Waals surface area contributed by atoms with E-state index >= 15 is 0 Å². The van der Waals surface area contributed by atoms with Crippen molar-refractivity contribution >= 4 is 10.9 Å². The second-order valence-corrected chi connectivity index (χ2v) is 6.88. The van der Waals surface area contributed by atoms with Crippen molar-refractivity contribution in [1.29, 1.82) is 0 Å². The second-order valence-electron chi connectivity index (χ2n) is 6.88. The number of hydrogen-bond acceptors (Lipinski definition) is 3. The Morgan fingerprint density at radius 1 is 0.931 bits per heavy atom. The summed E-state index contributed by atoms with van der Waals surface area (Å²) in [6.07, 6.45) is -4.14. The quantitative estimate of drug-likeness (QED) is 0.478. The number of ether oxygens (including phenoxy) is 1. The first-order chi connectivity index (χ1) is 13.8. The van der Waals surface area contributed by atoms with Crippen LogP contribution in [0.2, 0.25) is 0 Å². The van der Waals surface area contributed by atoms with E-state index in [0.29, 0.717) is 6.42 Å². The van der Waals surface area contributed by atoms with Crippen LogP contribution in [0.25, 0.3) is 22.0 Å². The average Bonchev–Trinajstić information content (AvgIpc) is 3.02. The summed E-state index contributed by atoms with van der Waals surface area (Å²) in [5.41, 5.74) is 5.41. The first kappa shape index (κ1) is 19.0. The second kappa shape index (κ2) is 7.24. The van der Waals surface area contributed by atoms with Gasteiger partial charge < -0.3 is 9.72 Å². The zero-order chi connectivity index (χ0) is 20.6. The van der Waals surface area contributed by atoms with E-state index in [4.69, 9.17) is 0 Å². The van der Waals surface area contributed by atoms with Crippen LogP contribution >= 0.6 is 0 Å². The van der Waals surface area contributed by atoms with Crippen LogP contribution in [0.3, 0.4) is 0 Å². The van der Waals surface area contributed by atoms with Crippen LogP contribution in [0.4, 0.5) is 13.2 Å². The minimum Gasteiger partial charge on any atom is -0.406 e. The molecule has 4 aromatic rings. The number of rotatable bonds is 4. The Hall–Kier alpha value is -3.35. The van der Waals surface area contributed by atoms with E-state index in [9.17, 15) is 13.2 Å². The standard InChI is InChI=1S/C22H18F3N3O/c1-13-10-14(2)27-20(26-13)12-17-11-16-4-3-5-19(21(16)28-17)15-6-8-18(9-7-15)29-22(23,24)25/h3-11,28H,12H2,1-2H3. The summed E-state index contributed by atoms with van der Waals surface area (Å²) in [5.74, 6) is 0.497. The van der Waals surface area contributed by atoms with E-state index in [0.717, 1.165) is 44.9 Å². The molecule has 0 spiro atoms. The SMILES string of the molecule is Cc1cc(C)nc(Cc2cc3cccc(-c4ccc(OC(F)(F)F)cc4)c3[nH]2)n1. The van der Waals surface area contributed by atoms with Gasteiger partial charge >= 0.3 is 6.36 Å². The summed E-state index contributed by atoms with van der Waals surface area (Å²) in [6.45, 7) is 3.88. The van der Waals surface area contributed by atoms with Crippen LogP contribution in [0.15, 0.2) is 54.6 Å². The van der Waals surface area contributed by atoms with E-state index in [1.807, 2.05) is 44.2 Å². The fourth-order valence-electron chi connectivity index (χ4n) is 3.43. The zero-order valence-electron chi connectivity index (χ0n) is 15.8. The molecule has 0 aliphatic carbocycles. The molecule has 29 heavy (non-hydrogen) atoms. The number of halogens is 3. The lowest BCUT2D eigenvalue weighted by Crippen LogP contribution is -2.16. The molecule has 0 fully saturated rings. The number of aryl methyl sites for hydroxylation is 2. The third-order valence-corrected chi connectivity index (χ3v) is 4.49. The third-order valence-electron chi connectivity index (χ3n) is 4.49. The lowest BCUT2D eigenvalue weighted by molar-refractivity contribution is -0.274. The van der Waals surface area contributed by atoms with Gasteiger partial charge in [0.05, 0.1) is 5.52 Å². The number of nitrogens with one attached hydrogen (secondary N) is 1. The Bertz CT molecular complexity index is 1140. The molecule has 0 saturated carbocycles. The Labute approximate surface area is 165 Å². The summed E-state index contributed by atoms with van der Waals surface area (Å²) in [6, 6.07) is 15.7. The van der Waals surface area contributed by atoms with Crippen LogP contribution in [-0.2, 0) is 6.42 Å². The summed E-state index contributed by atoms with van der Waals surface area (Å²) in [5, 5.41) is 1.01. The molecule has 4 rings (SSSR count). The number of para-hydroxylation sites is 1. The first-order valence-corrected chi connectivity index (χ1v) is 9.05. The molecular formula is C22H18F3N3O. The van der Waals surface area contributed by atoms with Gasteiger partial charge in [-0.25, -0.2) is 9.97 Å². The van der Waals surface area contributed by atoms with Gasteiger partial charge in [-0.1, -0.05) is 30.3 Å². The van der Waals surface area contributed by atoms with Crippen LogP contribution in [-0.4, -0.2) is 21.3 Å². The van der Waals surface area contributed by atoms with Gasteiger partial charge in [-0.3, -0.25) is 0 Å². The highest BCUT2D eigenvalue weighted by Gasteiger charge is 2.31. The number of benzene rings is 2. The van der Waals surface area contributed by atoms with Crippen molar-refractivity contribution in [3.8, 4) is 16.9 Å². The maximum atomic E-state index is 12.4. The molecule has 2 aromatic heterocycles. The minimum absolute atomic E-state index is 0.243. The fourth-order valence-corrected chi connectivity index (χ4v) is 3.43. The Kier molecular flexibility index (Phi) is 4.74. The summed E-state index contributed by atoms with van der Waals surface area (Å²) < 4.78 is 41.0. The third kappa shape index (κ3) is 4.39. The molecule has 148 valence electrons. The normalized spacial score (nSPS) is 11.8. The Morgan fingerprint density at radius 2 is 1.62 bits per heavy atom. The van der Waals surface area contributed by atoms with Gasteiger partial charge in [0.15, 0.2) is 0 Å². The molecule has 0 radical (unpaired) electrons. The predicted octanol–water partition coefficient (Wildman–Crippen LogP) is 5.73. The maximum Gasteiger partial charge on any atom is 0.573 e. The number of H-pyrrole nitrogens is 1. The van der Waals surface area contributed by atoms with Crippen LogP contribution in [0, 0.1) is 13.8 Å². The van der Waals surface area contributed by atoms with E-state index in [2.05, 4.69) is 19.7 Å². The number of fused-ring (bicyclic) bond motifs is 1. The zero-order valence-corrected chi connectivity index (χ0v) is 15.8. The number of aromatic nitrogens is 3. The summed E-state index contributed by atoms with van der Waals surface area (Å²) >= 11 is 0. The number of nitrogens with zero attached hydrogens (tertiary/aromatic N) is 2. The van der Waals surface area contributed by atoms with E-state index in [1.165, 1.54) is 12.1 Å². The van der Waals surface area contributed by atoms with Gasteiger partial charge in [0, 0.05) is 34.5 Å². The van der Waals surface area contributed by atoms with Gasteiger partial charge in [-0.15, -0.1) is 13.2 Å². The molecule has 7 heteroatoms. The molecule has 0 aliphatic heterocycles. The molecule has 4 nitrogen and oxygen atoms in total. The topological polar surface area (TPSA) is 50.8 Å². The summed E-state index contributed by atoms with van der Waals surface area (Å²) in [7, 11) is 0. The van der Waals surface area contributed by atoms with Crippen molar-refractivity contribution in [2.24, 2.45) is 0 Å². The molecule has 0 bridgehead atoms. The Balaban J connectivity index is 1.66. The monoisotopic (exact) mass is 397 g/mol. The smallest absolute Gasteiger partial charge is 0.406 e. The van der Waals surface area contributed by atoms with E-state index < -0.39 is 6.36 Å². The van der Waals surface area contributed by atoms with Crippen molar-refractivity contribution in [2.75, 3.05) is 0 Å². The van der Waals surface area contributed by atoms with Gasteiger partial charge in [0.1, 0.15) is 11.6 Å². The lowest BCUT2D eigenvalue weighted by Gasteiger charge is -2.09. The molecule has 0 aliphatic rings. The molecule has 0 atom stereocenters. The maximum absolute atomic E-state index is 12.4. The first-order valence-electron chi connectivity index (χ1n) is 9.05. The van der Waals surface area contributed by atoms with Gasteiger partial charge in [-0.05, 0) is 43.7 Å². The van der Waals surface area contributed by atoms with Crippen LogP contribution < -0.4 is 4.74 Å². The highest BCUT2D eigenvalue weighted by molar-refractivity contribution is 5.94. The molecule has 2 heterocycles. The molecular weight excluding hydrogens is 379 g/mol. The lowest BCUT2D eigenvalue weighted by atomic mass is 10.0. The van der Waals surface area contributed by atoms with Crippen LogP contribution in [0.1, 0.15) is 22.9 Å². The largest absolute Gasteiger partial charge is 0.573 e. The van der Waals surface area contributed by atoms with Crippen molar-refractivity contribution in [3.63, 3.8) is 0 Å².